The van der Waals surface area contributed by atoms with E-state index in [0.29, 0.717) is 18.4 Å². The summed E-state index contributed by atoms with van der Waals surface area (Å²) in [4.78, 5) is 54.9. The maximum absolute atomic E-state index is 14.3. The average molecular weight is 466 g/mol. The summed E-state index contributed by atoms with van der Waals surface area (Å²) in [5.41, 5.74) is -6.31. The lowest BCUT2D eigenvalue weighted by Gasteiger charge is -2.64. The summed E-state index contributed by atoms with van der Waals surface area (Å²) in [5.74, 6) is -2.69. The summed E-state index contributed by atoms with van der Waals surface area (Å²) >= 11 is 0. The van der Waals surface area contributed by atoms with E-state index in [0.717, 1.165) is 0 Å². The number of rotatable bonds is 1. The quantitative estimate of drug-likeness (QED) is 0.269. The molecule has 0 aromatic carbocycles. The first-order valence-corrected chi connectivity index (χ1v) is 11.8. The molecule has 8 atom stereocenters. The Kier molecular flexibility index (Phi) is 3.34. The minimum absolute atomic E-state index is 0.161. The van der Waals surface area contributed by atoms with Gasteiger partial charge in [-0.25, -0.2) is 4.79 Å². The van der Waals surface area contributed by atoms with Gasteiger partial charge < -0.3 is 18.6 Å². The summed E-state index contributed by atoms with van der Waals surface area (Å²) in [7, 11) is 0. The molecular formula is C26H26O8. The van der Waals surface area contributed by atoms with Crippen molar-refractivity contribution in [1.29, 1.82) is 0 Å². The Hall–Kier alpha value is -2.58. The molecule has 6 aliphatic rings. The molecule has 7 rings (SSSR count). The lowest BCUT2D eigenvalue weighted by atomic mass is 9.35. The van der Waals surface area contributed by atoms with Crippen molar-refractivity contribution in [3.63, 3.8) is 0 Å². The molecule has 1 aromatic rings. The zero-order chi connectivity index (χ0) is 24.1. The van der Waals surface area contributed by atoms with Crippen molar-refractivity contribution >= 4 is 23.3 Å². The summed E-state index contributed by atoms with van der Waals surface area (Å²) in [6.45, 7) is 7.35. The van der Waals surface area contributed by atoms with Crippen molar-refractivity contribution in [2.24, 2.45) is 27.6 Å². The second-order valence-corrected chi connectivity index (χ2v) is 11.8. The molecule has 8 nitrogen and oxygen atoms in total. The van der Waals surface area contributed by atoms with Gasteiger partial charge in [0.1, 0.15) is 17.1 Å². The standard InChI is InChI=1S/C26H26O8/c1-21(2)25-15(27)6-9-24(25,12-32-21)14-5-8-22(3)18(13-7-10-31-11-13)33-20(30)19-26(22,34-19)23(14,4)16(28)17(25)29/h6-7,9-11,14,18-19H,5,8,12H2,1-4H3/t14-,18-,19+,22-,23-,24-,25-,26+/m0/s1. The number of Topliss-reactive ketones (excluding diaryl/α,β-unsaturated/α-hetero) is 2. The van der Waals surface area contributed by atoms with E-state index in [1.54, 1.807) is 26.8 Å². The SMILES string of the molecule is CC1(C)OC[C@]23C=CC(=O)[C@]12C(=O)C(=O)[C@]1(C)[C@@H]3CC[C@@]2(C)[C@H](c3ccoc3)OC(=O)[C@H]3O[C@]321. The first-order chi connectivity index (χ1) is 16.0. The lowest BCUT2D eigenvalue weighted by molar-refractivity contribution is -0.211. The maximum atomic E-state index is 14.3. The fourth-order valence-corrected chi connectivity index (χ4v) is 9.17. The Morgan fingerprint density at radius 3 is 2.47 bits per heavy atom. The van der Waals surface area contributed by atoms with Crippen molar-refractivity contribution < 1.29 is 37.8 Å². The Labute approximate surface area is 196 Å². The van der Waals surface area contributed by atoms with E-state index in [4.69, 9.17) is 18.6 Å². The molecule has 0 radical (unpaired) electrons. The molecule has 1 spiro atoms. The summed E-state index contributed by atoms with van der Waals surface area (Å²) < 4.78 is 23.5. The van der Waals surface area contributed by atoms with Crippen LogP contribution >= 0.6 is 0 Å². The van der Waals surface area contributed by atoms with E-state index in [1.165, 1.54) is 18.6 Å². The summed E-state index contributed by atoms with van der Waals surface area (Å²) in [6.07, 6.45) is 5.83. The average Bonchev–Trinajstić information content (AvgIpc) is 3.08. The van der Waals surface area contributed by atoms with E-state index in [9.17, 15) is 19.2 Å². The molecule has 0 N–H and O–H groups in total. The molecule has 8 heteroatoms. The molecule has 3 aliphatic carbocycles. The van der Waals surface area contributed by atoms with E-state index >= 15 is 0 Å². The zero-order valence-electron chi connectivity index (χ0n) is 19.5. The van der Waals surface area contributed by atoms with Gasteiger partial charge in [0.05, 0.1) is 30.1 Å². The van der Waals surface area contributed by atoms with Gasteiger partial charge in [0.2, 0.25) is 11.6 Å². The third-order valence-corrected chi connectivity index (χ3v) is 10.6. The first kappa shape index (κ1) is 20.8. The molecule has 0 unspecified atom stereocenters. The number of ketones is 3. The van der Waals surface area contributed by atoms with Crippen LogP contribution in [0.5, 0.6) is 0 Å². The second-order valence-electron chi connectivity index (χ2n) is 11.8. The third-order valence-electron chi connectivity index (χ3n) is 10.6. The third kappa shape index (κ3) is 1.64. The fraction of sp³-hybridized carbons (Fsp3) is 0.615. The first-order valence-electron chi connectivity index (χ1n) is 11.8. The highest BCUT2D eigenvalue weighted by Crippen LogP contribution is 2.81. The van der Waals surface area contributed by atoms with Gasteiger partial charge in [-0.2, -0.15) is 0 Å². The monoisotopic (exact) mass is 466 g/mol. The molecule has 178 valence electrons. The molecule has 0 bridgehead atoms. The number of hydrogen-bond donors (Lipinski definition) is 0. The van der Waals surface area contributed by atoms with E-state index < -0.39 is 68.5 Å². The second kappa shape index (κ2) is 5.46. The van der Waals surface area contributed by atoms with Crippen LogP contribution in [0.15, 0.2) is 35.2 Å². The van der Waals surface area contributed by atoms with Crippen LogP contribution in [0.4, 0.5) is 0 Å². The van der Waals surface area contributed by atoms with Gasteiger partial charge in [-0.3, -0.25) is 14.4 Å². The van der Waals surface area contributed by atoms with Gasteiger partial charge in [0.25, 0.3) is 0 Å². The van der Waals surface area contributed by atoms with Gasteiger partial charge >= 0.3 is 5.97 Å². The molecule has 1 aromatic heterocycles. The van der Waals surface area contributed by atoms with Crippen molar-refractivity contribution in [2.75, 3.05) is 6.61 Å². The minimum Gasteiger partial charge on any atom is -0.472 e. The van der Waals surface area contributed by atoms with Crippen LogP contribution in [-0.4, -0.2) is 47.2 Å². The predicted octanol–water partition coefficient (Wildman–Crippen LogP) is 2.51. The molecule has 5 fully saturated rings. The Morgan fingerprint density at radius 2 is 1.76 bits per heavy atom. The van der Waals surface area contributed by atoms with Gasteiger partial charge in [-0.05, 0) is 51.7 Å². The number of allylic oxidation sites excluding steroid dienone is 1. The highest BCUT2D eigenvalue weighted by molar-refractivity contribution is 6.48. The largest absolute Gasteiger partial charge is 0.472 e. The van der Waals surface area contributed by atoms with Gasteiger partial charge in [0.15, 0.2) is 11.9 Å². The number of epoxide rings is 1. The van der Waals surface area contributed by atoms with E-state index in [1.807, 2.05) is 13.0 Å². The Morgan fingerprint density at radius 1 is 1.00 bits per heavy atom. The molecule has 2 saturated carbocycles. The smallest absolute Gasteiger partial charge is 0.339 e. The van der Waals surface area contributed by atoms with Crippen LogP contribution in [0.25, 0.3) is 0 Å². The topological polar surface area (TPSA) is 112 Å². The molecule has 3 aliphatic heterocycles. The fourth-order valence-electron chi connectivity index (χ4n) is 9.17. The highest BCUT2D eigenvalue weighted by atomic mass is 16.7. The number of furan rings is 1. The predicted molar refractivity (Wildman–Crippen MR) is 113 cm³/mol. The van der Waals surface area contributed by atoms with E-state index in [2.05, 4.69) is 0 Å². The molecule has 34 heavy (non-hydrogen) atoms. The molecule has 0 amide bonds. The maximum Gasteiger partial charge on any atom is 0.339 e. The number of fused-ring (bicyclic) bond motifs is 1. The summed E-state index contributed by atoms with van der Waals surface area (Å²) in [6, 6.07) is 1.75. The van der Waals surface area contributed by atoms with Crippen LogP contribution < -0.4 is 0 Å². The number of carbonyl (C=O) groups excluding carboxylic acids is 4. The molecule has 3 saturated heterocycles. The van der Waals surface area contributed by atoms with E-state index in [-0.39, 0.29) is 12.4 Å². The van der Waals surface area contributed by atoms with Crippen LogP contribution in [0.1, 0.15) is 52.2 Å². The van der Waals surface area contributed by atoms with Crippen LogP contribution in [0.3, 0.4) is 0 Å². The van der Waals surface area contributed by atoms with Crippen molar-refractivity contribution in [2.45, 2.75) is 63.9 Å². The Balaban J connectivity index is 1.47. The number of cyclic esters (lactones) is 1. The van der Waals surface area contributed by atoms with Gasteiger partial charge in [0, 0.05) is 16.4 Å². The van der Waals surface area contributed by atoms with Crippen molar-refractivity contribution in [3.8, 4) is 0 Å². The van der Waals surface area contributed by atoms with Crippen molar-refractivity contribution in [1.82, 2.24) is 0 Å². The van der Waals surface area contributed by atoms with Gasteiger partial charge in [-0.15, -0.1) is 0 Å². The lowest BCUT2D eigenvalue weighted by Crippen LogP contribution is -2.76. The Bertz CT molecular complexity index is 1240. The summed E-state index contributed by atoms with van der Waals surface area (Å²) in [5, 5.41) is 0. The number of carbonyl (C=O) groups is 4. The van der Waals surface area contributed by atoms with Crippen LogP contribution in [0.2, 0.25) is 0 Å². The van der Waals surface area contributed by atoms with Crippen LogP contribution in [0, 0.1) is 27.6 Å². The minimum atomic E-state index is -1.59. The normalized spacial score (nSPS) is 51.8. The number of ether oxygens (including phenoxy) is 3. The van der Waals surface area contributed by atoms with Crippen molar-refractivity contribution in [3.05, 3.63) is 36.3 Å². The zero-order valence-corrected chi connectivity index (χ0v) is 19.5. The number of esters is 1. The molecule has 4 heterocycles. The van der Waals surface area contributed by atoms with Gasteiger partial charge in [-0.1, -0.05) is 13.0 Å². The van der Waals surface area contributed by atoms with Crippen LogP contribution in [-0.2, 0) is 33.4 Å². The highest BCUT2D eigenvalue weighted by Gasteiger charge is 2.93. The number of hydrogen-bond acceptors (Lipinski definition) is 8. The molecular weight excluding hydrogens is 440 g/mol.